The Morgan fingerprint density at radius 3 is 1.83 bits per heavy atom. The molecule has 0 saturated carbocycles. The Hall–Kier alpha value is -0.640. The van der Waals surface area contributed by atoms with Crippen molar-refractivity contribution >= 4 is 12.6 Å². The molecule has 0 fully saturated rings. The average molecular weight is 198 g/mol. The summed E-state index contributed by atoms with van der Waals surface area (Å²) in [6.45, 7) is 4.13. The maximum atomic E-state index is 4.27. The molecule has 0 saturated heterocycles. The number of rotatable bonds is 0. The zero-order valence-electron chi connectivity index (χ0n) is 6.90. The van der Waals surface area contributed by atoms with Crippen LogP contribution in [0.2, 0.25) is 0 Å². The molecule has 0 aliphatic rings. The minimum atomic E-state index is 0. The second-order valence-electron chi connectivity index (χ2n) is 2.29. The Balaban J connectivity index is -0.000000270. The highest BCUT2D eigenvalue weighted by molar-refractivity contribution is 7.80. The third-order valence-corrected chi connectivity index (χ3v) is 1.85. The van der Waals surface area contributed by atoms with Gasteiger partial charge >= 0.3 is 0 Å². The molecule has 0 radical (unpaired) electrons. The van der Waals surface area contributed by atoms with Crippen LogP contribution in [0.15, 0.2) is 23.1 Å². The predicted octanol–water partition coefficient (Wildman–Crippen LogP) is 3.05. The lowest BCUT2D eigenvalue weighted by atomic mass is 10.2. The number of thiol groups is 1. The van der Waals surface area contributed by atoms with Crippen LogP contribution in [0.4, 0.5) is 14.1 Å². The fourth-order valence-corrected chi connectivity index (χ4v) is 0.998. The van der Waals surface area contributed by atoms with E-state index >= 15 is 0 Å². The molecule has 0 aliphatic carbocycles. The van der Waals surface area contributed by atoms with Crippen LogP contribution in [0.3, 0.4) is 0 Å². The molecule has 1 aromatic carbocycles. The average Bonchev–Trinajstić information content (AvgIpc) is 1.80. The summed E-state index contributed by atoms with van der Waals surface area (Å²) < 4.78 is 0. The van der Waals surface area contributed by atoms with Crippen LogP contribution in [0.5, 0.6) is 0 Å². The summed E-state index contributed by atoms with van der Waals surface area (Å²) in [5.41, 5.74) is 2.51. The van der Waals surface area contributed by atoms with E-state index in [4.69, 9.17) is 0 Å². The van der Waals surface area contributed by atoms with Crippen molar-refractivity contribution in [1.82, 2.24) is 0 Å². The van der Waals surface area contributed by atoms with E-state index in [1.807, 2.05) is 0 Å². The quantitative estimate of drug-likeness (QED) is 0.608. The topological polar surface area (TPSA) is 0 Å². The third-order valence-electron chi connectivity index (χ3n) is 1.36. The van der Waals surface area contributed by atoms with Crippen LogP contribution in [0, 0.1) is 13.8 Å². The molecule has 0 heterocycles. The second-order valence-corrected chi connectivity index (χ2v) is 2.77. The van der Waals surface area contributed by atoms with Gasteiger partial charge in [0.15, 0.2) is 0 Å². The van der Waals surface area contributed by atoms with Gasteiger partial charge in [-0.3, -0.25) is 14.1 Å². The van der Waals surface area contributed by atoms with E-state index in [1.54, 1.807) is 0 Å². The van der Waals surface area contributed by atoms with Gasteiger partial charge in [0, 0.05) is 4.90 Å². The third kappa shape index (κ3) is 4.28. The molecule has 4 heteroatoms. The van der Waals surface area contributed by atoms with Crippen molar-refractivity contribution in [3.63, 3.8) is 0 Å². The molecule has 0 aliphatic heterocycles. The molecular weight excluding hydrogens is 185 g/mol. The molecule has 72 valence electrons. The van der Waals surface area contributed by atoms with E-state index in [9.17, 15) is 0 Å². The lowest BCUT2D eigenvalue weighted by molar-refractivity contribution is 1.11. The Bertz CT molecular complexity index is 226. The van der Waals surface area contributed by atoms with Crippen molar-refractivity contribution in [3.8, 4) is 0 Å². The van der Waals surface area contributed by atoms with Gasteiger partial charge in [0.1, 0.15) is 0 Å². The first kappa shape index (κ1) is 17.4. The van der Waals surface area contributed by atoms with Crippen molar-refractivity contribution in [2.75, 3.05) is 0 Å². The summed E-state index contributed by atoms with van der Waals surface area (Å²) in [6.07, 6.45) is 0. The molecule has 0 aromatic heterocycles. The normalized spacial score (nSPS) is 7.25. The number of aryl methyl sites for hydroxylation is 2. The van der Waals surface area contributed by atoms with E-state index in [0.717, 1.165) is 4.90 Å². The van der Waals surface area contributed by atoms with Gasteiger partial charge < -0.3 is 0 Å². The summed E-state index contributed by atoms with van der Waals surface area (Å²) in [6, 6.07) is 6.24. The fourth-order valence-electron chi connectivity index (χ4n) is 0.719. The van der Waals surface area contributed by atoms with E-state index in [2.05, 4.69) is 44.7 Å². The monoisotopic (exact) mass is 198 g/mol. The molecule has 1 rings (SSSR count). The highest BCUT2D eigenvalue weighted by Crippen LogP contribution is 2.13. The minimum absolute atomic E-state index is 0. The lowest BCUT2D eigenvalue weighted by Gasteiger charge is -1.97. The molecule has 0 spiro atoms. The summed E-state index contributed by atoms with van der Waals surface area (Å²) in [7, 11) is 0. The van der Waals surface area contributed by atoms with Crippen molar-refractivity contribution in [3.05, 3.63) is 29.3 Å². The van der Waals surface area contributed by atoms with E-state index in [0.29, 0.717) is 0 Å². The van der Waals surface area contributed by atoms with Crippen molar-refractivity contribution in [2.45, 2.75) is 18.7 Å². The largest absolute Gasteiger partial charge is 0.269 e. The van der Waals surface area contributed by atoms with Gasteiger partial charge in [-0.2, -0.15) is 0 Å². The Labute approximate surface area is 75.5 Å². The highest BCUT2D eigenvalue weighted by Gasteiger charge is 1.90. The molecule has 0 unspecified atom stereocenters. The Morgan fingerprint density at radius 2 is 1.50 bits per heavy atom. The van der Waals surface area contributed by atoms with E-state index in [1.165, 1.54) is 11.1 Å². The fraction of sp³-hybridized carbons (Fsp3) is 0.250. The molecule has 0 atom stereocenters. The Kier molecular flexibility index (Phi) is 10.2. The van der Waals surface area contributed by atoms with Crippen LogP contribution in [-0.2, 0) is 0 Å². The summed E-state index contributed by atoms with van der Waals surface area (Å²) in [5, 5.41) is 0. The van der Waals surface area contributed by atoms with Gasteiger partial charge in [-0.05, 0) is 25.5 Å². The van der Waals surface area contributed by atoms with Gasteiger partial charge in [0.25, 0.3) is 0 Å². The summed E-state index contributed by atoms with van der Waals surface area (Å²) in [5.74, 6) is 0. The van der Waals surface area contributed by atoms with Crippen LogP contribution in [0.25, 0.3) is 0 Å². The minimum Gasteiger partial charge on any atom is -0.269 e. The van der Waals surface area contributed by atoms with Crippen LogP contribution in [-0.4, -0.2) is 0 Å². The van der Waals surface area contributed by atoms with Gasteiger partial charge in [-0.1, -0.05) is 17.7 Å². The highest BCUT2D eigenvalue weighted by atomic mass is 32.1. The molecular formula is C8H13F3S. The van der Waals surface area contributed by atoms with Gasteiger partial charge in [0.05, 0.1) is 0 Å². The lowest BCUT2D eigenvalue weighted by Crippen LogP contribution is -1.76. The number of hydrogen-bond acceptors (Lipinski definition) is 1. The zero-order chi connectivity index (χ0) is 6.85. The molecule has 0 bridgehead atoms. The van der Waals surface area contributed by atoms with Gasteiger partial charge in [-0.15, -0.1) is 12.6 Å². The van der Waals surface area contributed by atoms with Gasteiger partial charge in [-0.25, -0.2) is 0 Å². The summed E-state index contributed by atoms with van der Waals surface area (Å²) >= 11 is 4.27. The maximum Gasteiger partial charge on any atom is 0.00718 e. The molecule has 0 amide bonds. The van der Waals surface area contributed by atoms with Crippen LogP contribution >= 0.6 is 12.6 Å². The van der Waals surface area contributed by atoms with Crippen molar-refractivity contribution < 1.29 is 14.1 Å². The second kappa shape index (κ2) is 7.03. The SMILES string of the molecule is Cc1ccc(C)c(S)c1.F.F.F. The zero-order valence-corrected chi connectivity index (χ0v) is 7.80. The predicted molar refractivity (Wildman–Crippen MR) is 50.7 cm³/mol. The first-order chi connectivity index (χ1) is 4.20. The van der Waals surface area contributed by atoms with Crippen molar-refractivity contribution in [2.24, 2.45) is 0 Å². The van der Waals surface area contributed by atoms with Crippen LogP contribution < -0.4 is 0 Å². The first-order valence-electron chi connectivity index (χ1n) is 2.96. The molecule has 1 aromatic rings. The summed E-state index contributed by atoms with van der Waals surface area (Å²) in [4.78, 5) is 1.08. The van der Waals surface area contributed by atoms with Crippen LogP contribution in [0.1, 0.15) is 11.1 Å². The smallest absolute Gasteiger partial charge is 0.00718 e. The van der Waals surface area contributed by atoms with E-state index in [-0.39, 0.29) is 14.1 Å². The molecule has 0 nitrogen and oxygen atoms in total. The van der Waals surface area contributed by atoms with E-state index < -0.39 is 0 Å². The van der Waals surface area contributed by atoms with Gasteiger partial charge in [0.2, 0.25) is 0 Å². The maximum absolute atomic E-state index is 4.27. The Morgan fingerprint density at radius 1 is 1.00 bits per heavy atom. The molecule has 12 heavy (non-hydrogen) atoms. The number of halogens is 3. The number of hydrogen-bond donors (Lipinski definition) is 1. The number of benzene rings is 1. The first-order valence-corrected chi connectivity index (χ1v) is 3.41. The standard InChI is InChI=1S/C8H10S.3FH/c1-6-3-4-7(2)8(9)5-6;;;/h3-5,9H,1-2H3;3*1H. The molecule has 0 N–H and O–H groups in total. The van der Waals surface area contributed by atoms with Crippen molar-refractivity contribution in [1.29, 1.82) is 0 Å².